The number of carbonyl (C=O) groups excluding carboxylic acids is 1. The number of nitrogens with zero attached hydrogens (tertiary/aromatic N) is 1. The summed E-state index contributed by atoms with van der Waals surface area (Å²) >= 11 is 0. The van der Waals surface area contributed by atoms with Crippen LogP contribution >= 0.6 is 0 Å². The quantitative estimate of drug-likeness (QED) is 0.794. The number of nitrogens with one attached hydrogen (secondary N) is 2. The van der Waals surface area contributed by atoms with Crippen LogP contribution in [0.1, 0.15) is 34.8 Å². The summed E-state index contributed by atoms with van der Waals surface area (Å²) in [7, 11) is 0. The summed E-state index contributed by atoms with van der Waals surface area (Å²) in [4.78, 5) is 24.3. The topological polar surface area (TPSA) is 81.7 Å². The molecule has 26 heavy (non-hydrogen) atoms. The number of rotatable bonds is 3. The van der Waals surface area contributed by atoms with Crippen LogP contribution in [0.3, 0.4) is 0 Å². The fourth-order valence-electron chi connectivity index (χ4n) is 4.19. The molecule has 2 aromatic carbocycles. The SMILES string of the molecule is O=C(O)c1ccc(N2NC3c4ccccc4NC(C4CC4)C3C2=O)cc1. The van der Waals surface area contributed by atoms with E-state index in [0.29, 0.717) is 11.6 Å². The fourth-order valence-corrected chi connectivity index (χ4v) is 4.19. The summed E-state index contributed by atoms with van der Waals surface area (Å²) in [5, 5.41) is 14.2. The van der Waals surface area contributed by atoms with E-state index in [1.54, 1.807) is 17.1 Å². The highest BCUT2D eigenvalue weighted by molar-refractivity contribution is 5.99. The van der Waals surface area contributed by atoms with Crippen molar-refractivity contribution < 1.29 is 14.7 Å². The molecule has 132 valence electrons. The predicted molar refractivity (Wildman–Crippen MR) is 96.8 cm³/mol. The van der Waals surface area contributed by atoms with Gasteiger partial charge in [0.15, 0.2) is 0 Å². The number of aromatic carboxylic acids is 1. The van der Waals surface area contributed by atoms with E-state index in [4.69, 9.17) is 5.11 Å². The van der Waals surface area contributed by atoms with Gasteiger partial charge in [-0.2, -0.15) is 0 Å². The normalized spacial score (nSPS) is 26.8. The number of carboxylic acids is 1. The van der Waals surface area contributed by atoms with Crippen molar-refractivity contribution in [3.63, 3.8) is 0 Å². The lowest BCUT2D eigenvalue weighted by molar-refractivity contribution is -0.121. The van der Waals surface area contributed by atoms with Gasteiger partial charge in [0, 0.05) is 11.7 Å². The maximum absolute atomic E-state index is 13.2. The van der Waals surface area contributed by atoms with Crippen LogP contribution in [0.5, 0.6) is 0 Å². The number of hydrogen-bond acceptors (Lipinski definition) is 4. The molecule has 5 rings (SSSR count). The van der Waals surface area contributed by atoms with E-state index in [-0.39, 0.29) is 29.5 Å². The maximum Gasteiger partial charge on any atom is 0.335 e. The summed E-state index contributed by atoms with van der Waals surface area (Å²) in [5.74, 6) is -0.553. The molecule has 3 atom stereocenters. The Morgan fingerprint density at radius 3 is 2.50 bits per heavy atom. The second-order valence-corrected chi connectivity index (χ2v) is 7.25. The average Bonchev–Trinajstić information content (AvgIpc) is 3.45. The summed E-state index contributed by atoms with van der Waals surface area (Å²) in [5.41, 5.74) is 6.45. The number of amides is 1. The predicted octanol–water partition coefficient (Wildman–Crippen LogP) is 2.80. The van der Waals surface area contributed by atoms with Crippen molar-refractivity contribution in [3.8, 4) is 0 Å². The lowest BCUT2D eigenvalue weighted by Gasteiger charge is -2.34. The molecule has 2 aromatic rings. The molecule has 0 bridgehead atoms. The van der Waals surface area contributed by atoms with Gasteiger partial charge in [0.2, 0.25) is 5.91 Å². The first-order chi connectivity index (χ1) is 12.6. The van der Waals surface area contributed by atoms with Gasteiger partial charge in [-0.05, 0) is 54.7 Å². The van der Waals surface area contributed by atoms with Gasteiger partial charge in [-0.15, -0.1) is 0 Å². The molecule has 1 amide bonds. The van der Waals surface area contributed by atoms with Crippen molar-refractivity contribution in [3.05, 3.63) is 59.7 Å². The van der Waals surface area contributed by atoms with Crippen molar-refractivity contribution in [2.75, 3.05) is 10.3 Å². The molecule has 3 N–H and O–H groups in total. The molecule has 3 unspecified atom stereocenters. The zero-order valence-corrected chi connectivity index (χ0v) is 14.1. The molecule has 0 radical (unpaired) electrons. The van der Waals surface area contributed by atoms with E-state index < -0.39 is 5.97 Å². The minimum atomic E-state index is -0.974. The van der Waals surface area contributed by atoms with Gasteiger partial charge in [0.25, 0.3) is 0 Å². The molecule has 2 aliphatic heterocycles. The standard InChI is InChI=1S/C20H19N3O3/c24-19-16-17(11-5-6-11)21-15-4-2-1-3-14(15)18(16)22-23(19)13-9-7-12(8-10-13)20(25)26/h1-4,7-11,16-18,21-22H,5-6H2,(H,25,26). The molecular weight excluding hydrogens is 330 g/mol. The van der Waals surface area contributed by atoms with Gasteiger partial charge in [-0.3, -0.25) is 4.79 Å². The lowest BCUT2D eigenvalue weighted by Crippen LogP contribution is -2.42. The molecular formula is C20H19N3O3. The van der Waals surface area contributed by atoms with E-state index in [1.165, 1.54) is 12.1 Å². The largest absolute Gasteiger partial charge is 0.478 e. The van der Waals surface area contributed by atoms with Crippen molar-refractivity contribution in [2.24, 2.45) is 11.8 Å². The Balaban J connectivity index is 1.52. The lowest BCUT2D eigenvalue weighted by atomic mass is 9.81. The highest BCUT2D eigenvalue weighted by atomic mass is 16.4. The maximum atomic E-state index is 13.2. The van der Waals surface area contributed by atoms with Crippen LogP contribution in [0.4, 0.5) is 11.4 Å². The number of fused-ring (bicyclic) bond motifs is 3. The summed E-state index contributed by atoms with van der Waals surface area (Å²) in [6.07, 6.45) is 2.31. The Kier molecular flexibility index (Phi) is 3.30. The highest BCUT2D eigenvalue weighted by Gasteiger charge is 2.53. The third-order valence-corrected chi connectivity index (χ3v) is 5.64. The molecule has 1 saturated heterocycles. The average molecular weight is 349 g/mol. The van der Waals surface area contributed by atoms with Gasteiger partial charge < -0.3 is 10.4 Å². The van der Waals surface area contributed by atoms with Gasteiger partial charge >= 0.3 is 5.97 Å². The molecule has 1 saturated carbocycles. The minimum absolute atomic E-state index is 0.0389. The summed E-state index contributed by atoms with van der Waals surface area (Å²) in [6, 6.07) is 14.6. The van der Waals surface area contributed by atoms with Crippen LogP contribution in [0, 0.1) is 11.8 Å². The number of para-hydroxylation sites is 1. The first-order valence-electron chi connectivity index (χ1n) is 8.92. The van der Waals surface area contributed by atoms with E-state index >= 15 is 0 Å². The fraction of sp³-hybridized carbons (Fsp3) is 0.300. The van der Waals surface area contributed by atoms with Crippen LogP contribution in [-0.4, -0.2) is 23.0 Å². The van der Waals surface area contributed by atoms with Crippen molar-refractivity contribution in [1.29, 1.82) is 0 Å². The summed E-state index contributed by atoms with van der Waals surface area (Å²) in [6.45, 7) is 0. The van der Waals surface area contributed by atoms with Gasteiger partial charge in [0.1, 0.15) is 0 Å². The van der Waals surface area contributed by atoms with E-state index in [2.05, 4.69) is 22.9 Å². The Morgan fingerprint density at radius 1 is 1.08 bits per heavy atom. The Bertz CT molecular complexity index is 891. The number of carboxylic acid groups (broad SMARTS) is 1. The van der Waals surface area contributed by atoms with Crippen LogP contribution in [-0.2, 0) is 4.79 Å². The second-order valence-electron chi connectivity index (χ2n) is 7.25. The van der Waals surface area contributed by atoms with E-state index in [0.717, 1.165) is 24.1 Å². The van der Waals surface area contributed by atoms with Crippen molar-refractivity contribution >= 4 is 23.3 Å². The monoisotopic (exact) mass is 349 g/mol. The number of carbonyl (C=O) groups is 2. The smallest absolute Gasteiger partial charge is 0.335 e. The molecule has 6 heteroatoms. The van der Waals surface area contributed by atoms with Crippen LogP contribution in [0.15, 0.2) is 48.5 Å². The first kappa shape index (κ1) is 15.4. The molecule has 2 fully saturated rings. The Hall–Kier alpha value is -2.86. The number of anilines is 2. The van der Waals surface area contributed by atoms with Gasteiger partial charge in [-0.1, -0.05) is 18.2 Å². The van der Waals surface area contributed by atoms with Crippen LogP contribution < -0.4 is 15.8 Å². The second kappa shape index (κ2) is 5.57. The van der Waals surface area contributed by atoms with Gasteiger partial charge in [-0.25, -0.2) is 15.2 Å². The molecule has 3 aliphatic rings. The molecule has 0 spiro atoms. The van der Waals surface area contributed by atoms with Crippen molar-refractivity contribution in [1.82, 2.24) is 5.43 Å². The van der Waals surface area contributed by atoms with Gasteiger partial charge in [0.05, 0.1) is 23.2 Å². The minimum Gasteiger partial charge on any atom is -0.478 e. The zero-order chi connectivity index (χ0) is 17.8. The third kappa shape index (κ3) is 2.29. The molecule has 1 aliphatic carbocycles. The van der Waals surface area contributed by atoms with Crippen LogP contribution in [0.2, 0.25) is 0 Å². The number of hydrazine groups is 1. The molecule has 0 aromatic heterocycles. The molecule has 2 heterocycles. The Labute approximate surface area is 150 Å². The Morgan fingerprint density at radius 2 is 1.81 bits per heavy atom. The van der Waals surface area contributed by atoms with Crippen molar-refractivity contribution in [2.45, 2.75) is 24.9 Å². The molecule has 6 nitrogen and oxygen atoms in total. The van der Waals surface area contributed by atoms with E-state index in [1.807, 2.05) is 12.1 Å². The van der Waals surface area contributed by atoms with E-state index in [9.17, 15) is 9.59 Å². The third-order valence-electron chi connectivity index (χ3n) is 5.64. The van der Waals surface area contributed by atoms with Crippen LogP contribution in [0.25, 0.3) is 0 Å². The number of benzene rings is 2. The first-order valence-corrected chi connectivity index (χ1v) is 8.92. The number of hydrogen-bond donors (Lipinski definition) is 3. The summed E-state index contributed by atoms with van der Waals surface area (Å²) < 4.78 is 0. The zero-order valence-electron chi connectivity index (χ0n) is 14.1. The highest BCUT2D eigenvalue weighted by Crippen LogP contribution is 2.48.